The Morgan fingerprint density at radius 3 is 1.95 bits per heavy atom. The van der Waals surface area contributed by atoms with Gasteiger partial charge in [0.05, 0.1) is 24.9 Å². The van der Waals surface area contributed by atoms with E-state index in [2.05, 4.69) is 5.32 Å². The van der Waals surface area contributed by atoms with Gasteiger partial charge in [-0.3, -0.25) is 24.6 Å². The molecule has 0 radical (unpaired) electrons. The van der Waals surface area contributed by atoms with Crippen molar-refractivity contribution in [1.82, 2.24) is 10.2 Å². The molecule has 7 rings (SSSR count). The van der Waals surface area contributed by atoms with Gasteiger partial charge in [0, 0.05) is 17.3 Å². The first-order valence-corrected chi connectivity index (χ1v) is 13.8. The fraction of sp³-hybridized carbons (Fsp3) is 0.206. The van der Waals surface area contributed by atoms with E-state index in [1.807, 2.05) is 84.9 Å². The number of para-hydroxylation sites is 1. The first-order chi connectivity index (χ1) is 20.0. The second kappa shape index (κ2) is 9.78. The van der Waals surface area contributed by atoms with Gasteiger partial charge in [-0.1, -0.05) is 91.0 Å². The van der Waals surface area contributed by atoms with E-state index in [0.717, 1.165) is 16.7 Å². The van der Waals surface area contributed by atoms with Crippen LogP contribution in [0.3, 0.4) is 0 Å². The summed E-state index contributed by atoms with van der Waals surface area (Å²) >= 11 is 0. The van der Waals surface area contributed by atoms with Crippen LogP contribution in [0.25, 0.3) is 0 Å². The van der Waals surface area contributed by atoms with E-state index in [9.17, 15) is 18.8 Å². The molecule has 4 aromatic carbocycles. The van der Waals surface area contributed by atoms with E-state index < -0.39 is 23.4 Å². The normalized spacial score (nSPS) is 24.8. The number of rotatable bonds is 6. The Labute approximate surface area is 237 Å². The summed E-state index contributed by atoms with van der Waals surface area (Å²) < 4.78 is 13.6. The highest BCUT2D eigenvalue weighted by atomic mass is 19.1. The van der Waals surface area contributed by atoms with Gasteiger partial charge < -0.3 is 4.90 Å². The molecule has 7 heteroatoms. The second-order valence-corrected chi connectivity index (χ2v) is 11.0. The zero-order chi connectivity index (χ0) is 28.1. The molecule has 3 heterocycles. The van der Waals surface area contributed by atoms with Crippen molar-refractivity contribution >= 4 is 23.4 Å². The number of imide groups is 1. The van der Waals surface area contributed by atoms with Gasteiger partial charge >= 0.3 is 0 Å². The van der Waals surface area contributed by atoms with Crippen LogP contribution in [0.4, 0.5) is 10.1 Å². The number of carbonyl (C=O) groups is 3. The van der Waals surface area contributed by atoms with Crippen LogP contribution in [0.1, 0.15) is 22.3 Å². The fourth-order valence-corrected chi connectivity index (χ4v) is 6.90. The van der Waals surface area contributed by atoms with Crippen molar-refractivity contribution in [3.05, 3.63) is 137 Å². The van der Waals surface area contributed by atoms with Gasteiger partial charge in [-0.2, -0.15) is 0 Å². The summed E-state index contributed by atoms with van der Waals surface area (Å²) in [6, 6.07) is 32.4. The van der Waals surface area contributed by atoms with Crippen LogP contribution in [-0.2, 0) is 39.4 Å². The molecule has 0 saturated carbocycles. The topological polar surface area (TPSA) is 69.7 Å². The summed E-state index contributed by atoms with van der Waals surface area (Å²) in [5, 5.41) is 3.57. The molecule has 4 atom stereocenters. The van der Waals surface area contributed by atoms with Crippen molar-refractivity contribution in [2.75, 3.05) is 4.90 Å². The first-order valence-electron chi connectivity index (χ1n) is 13.8. The maximum atomic E-state index is 14.6. The van der Waals surface area contributed by atoms with Crippen molar-refractivity contribution in [2.45, 2.75) is 31.1 Å². The van der Waals surface area contributed by atoms with E-state index in [1.165, 1.54) is 17.0 Å². The summed E-state index contributed by atoms with van der Waals surface area (Å²) in [4.78, 5) is 46.0. The third-order valence-electron chi connectivity index (χ3n) is 8.69. The molecule has 3 aliphatic rings. The molecular weight excluding hydrogens is 517 g/mol. The highest BCUT2D eigenvalue weighted by Gasteiger charge is 2.71. The highest BCUT2D eigenvalue weighted by Crippen LogP contribution is 2.55. The van der Waals surface area contributed by atoms with Crippen LogP contribution in [0.5, 0.6) is 0 Å². The van der Waals surface area contributed by atoms with Crippen molar-refractivity contribution < 1.29 is 18.8 Å². The molecule has 3 amide bonds. The van der Waals surface area contributed by atoms with Crippen LogP contribution >= 0.6 is 0 Å². The van der Waals surface area contributed by atoms with Gasteiger partial charge in [0.1, 0.15) is 11.4 Å². The van der Waals surface area contributed by atoms with Gasteiger partial charge in [0.25, 0.3) is 5.91 Å². The molecule has 0 aliphatic carbocycles. The molecule has 4 aromatic rings. The molecule has 1 spiro atoms. The highest BCUT2D eigenvalue weighted by molar-refractivity contribution is 6.16. The molecule has 0 aromatic heterocycles. The number of nitrogens with one attached hydrogen (secondary N) is 1. The largest absolute Gasteiger partial charge is 0.306 e. The average molecular weight is 546 g/mol. The van der Waals surface area contributed by atoms with E-state index >= 15 is 0 Å². The third-order valence-corrected chi connectivity index (χ3v) is 8.69. The van der Waals surface area contributed by atoms with Crippen LogP contribution in [0.2, 0.25) is 0 Å². The monoisotopic (exact) mass is 545 g/mol. The summed E-state index contributed by atoms with van der Waals surface area (Å²) in [6.45, 7) is 0.380. The Balaban J connectivity index is 1.33. The second-order valence-electron chi connectivity index (χ2n) is 11.0. The number of benzene rings is 4. The molecule has 2 fully saturated rings. The Bertz CT molecular complexity index is 1640. The molecule has 1 N–H and O–H groups in total. The van der Waals surface area contributed by atoms with Crippen molar-refractivity contribution in [1.29, 1.82) is 0 Å². The number of nitrogens with zero attached hydrogens (tertiary/aromatic N) is 2. The molecule has 204 valence electrons. The van der Waals surface area contributed by atoms with Crippen molar-refractivity contribution in [2.24, 2.45) is 11.8 Å². The maximum Gasteiger partial charge on any atom is 0.253 e. The molecular formula is C34H28FN3O3. The lowest BCUT2D eigenvalue weighted by molar-refractivity contribution is -0.143. The van der Waals surface area contributed by atoms with Crippen LogP contribution < -0.4 is 10.2 Å². The van der Waals surface area contributed by atoms with E-state index in [4.69, 9.17) is 0 Å². The summed E-state index contributed by atoms with van der Waals surface area (Å²) in [5.74, 6) is -2.80. The van der Waals surface area contributed by atoms with Gasteiger partial charge in [0.15, 0.2) is 0 Å². The first kappa shape index (κ1) is 25.4. The van der Waals surface area contributed by atoms with E-state index in [0.29, 0.717) is 17.7 Å². The molecule has 6 nitrogen and oxygen atoms in total. The smallest absolute Gasteiger partial charge is 0.253 e. The van der Waals surface area contributed by atoms with Crippen molar-refractivity contribution in [3.8, 4) is 0 Å². The van der Waals surface area contributed by atoms with Gasteiger partial charge in [-0.25, -0.2) is 4.39 Å². The number of amides is 3. The molecule has 3 aliphatic heterocycles. The van der Waals surface area contributed by atoms with Gasteiger partial charge in [0.2, 0.25) is 11.8 Å². The number of hydrogen-bond donors (Lipinski definition) is 1. The number of anilines is 1. The zero-order valence-corrected chi connectivity index (χ0v) is 22.2. The quantitative estimate of drug-likeness (QED) is 0.360. The predicted octanol–water partition coefficient (Wildman–Crippen LogP) is 4.58. The average Bonchev–Trinajstić information content (AvgIpc) is 3.55. The predicted molar refractivity (Wildman–Crippen MR) is 152 cm³/mol. The van der Waals surface area contributed by atoms with Crippen LogP contribution in [-0.4, -0.2) is 28.7 Å². The summed E-state index contributed by atoms with van der Waals surface area (Å²) in [5.41, 5.74) is 2.63. The Morgan fingerprint density at radius 1 is 0.659 bits per heavy atom. The SMILES string of the molecule is O=C1[C@@H]2[C@H](Cc3ccccc3)N[C@@]3(C(=O)N(Cc4ccc(F)cc4)c4ccccc43)[C@@H]2C(=O)N1Cc1ccccc1. The Morgan fingerprint density at radius 2 is 1.24 bits per heavy atom. The standard InChI is InChI=1S/C34H28FN3O3/c35-25-17-15-24(16-18-25)20-37-28-14-8-7-13-26(28)34(33(37)41)30-29(27(36-34)19-22-9-3-1-4-10-22)31(39)38(32(30)40)21-23-11-5-2-6-12-23/h1-18,27,29-30,36H,19-21H2/t27-,29+,30-,34+/m0/s1. The van der Waals surface area contributed by atoms with Gasteiger partial charge in [-0.15, -0.1) is 0 Å². The van der Waals surface area contributed by atoms with E-state index in [-0.39, 0.29) is 36.6 Å². The van der Waals surface area contributed by atoms with E-state index in [1.54, 1.807) is 17.0 Å². The minimum absolute atomic E-state index is 0.161. The number of carbonyl (C=O) groups excluding carboxylic acids is 3. The lowest BCUT2D eigenvalue weighted by Crippen LogP contribution is -2.55. The number of fused-ring (bicyclic) bond motifs is 4. The lowest BCUT2D eigenvalue weighted by atomic mass is 9.76. The Hall–Kier alpha value is -4.62. The maximum absolute atomic E-state index is 14.6. The third kappa shape index (κ3) is 3.99. The van der Waals surface area contributed by atoms with Gasteiger partial charge in [-0.05, 0) is 41.3 Å². The fourth-order valence-electron chi connectivity index (χ4n) is 6.90. The molecule has 0 bridgehead atoms. The number of halogens is 1. The molecule has 41 heavy (non-hydrogen) atoms. The minimum atomic E-state index is -1.39. The van der Waals surface area contributed by atoms with Crippen LogP contribution in [0.15, 0.2) is 109 Å². The number of hydrogen-bond acceptors (Lipinski definition) is 4. The van der Waals surface area contributed by atoms with Crippen molar-refractivity contribution in [3.63, 3.8) is 0 Å². The lowest BCUT2D eigenvalue weighted by Gasteiger charge is -2.31. The number of likely N-dealkylation sites (tertiary alicyclic amines) is 1. The summed E-state index contributed by atoms with van der Waals surface area (Å²) in [6.07, 6.45) is 0.495. The molecule has 2 saturated heterocycles. The van der Waals surface area contributed by atoms with Crippen LogP contribution in [0, 0.1) is 17.7 Å². The minimum Gasteiger partial charge on any atom is -0.306 e. The molecule has 0 unspecified atom stereocenters. The Kier molecular flexibility index (Phi) is 6.05. The zero-order valence-electron chi connectivity index (χ0n) is 22.2. The summed E-state index contributed by atoms with van der Waals surface area (Å²) in [7, 11) is 0.